The van der Waals surface area contributed by atoms with E-state index in [0.717, 1.165) is 26.9 Å². The van der Waals surface area contributed by atoms with Gasteiger partial charge >= 0.3 is 0 Å². The van der Waals surface area contributed by atoms with Crippen molar-refractivity contribution in [3.63, 3.8) is 0 Å². The van der Waals surface area contributed by atoms with Crippen molar-refractivity contribution in [3.05, 3.63) is 63.1 Å². The minimum atomic E-state index is -0.529. The number of hydrogen-bond donors (Lipinski definition) is 1. The van der Waals surface area contributed by atoms with Gasteiger partial charge in [-0.1, -0.05) is 39.7 Å². The molecule has 1 N–H and O–H groups in total. The predicted octanol–water partition coefficient (Wildman–Crippen LogP) is 4.35. The van der Waals surface area contributed by atoms with E-state index in [2.05, 4.69) is 22.0 Å². The first kappa shape index (κ1) is 15.1. The highest BCUT2D eigenvalue weighted by molar-refractivity contribution is 9.10. The topological polar surface area (TPSA) is 29.5 Å². The van der Waals surface area contributed by atoms with Crippen LogP contribution in [0.1, 0.15) is 28.4 Å². The first-order valence-electron chi connectivity index (χ1n) is 6.59. The van der Waals surface area contributed by atoms with E-state index in [1.165, 1.54) is 5.56 Å². The van der Waals surface area contributed by atoms with E-state index >= 15 is 0 Å². The minimum Gasteiger partial charge on any atom is -0.496 e. The summed E-state index contributed by atoms with van der Waals surface area (Å²) in [6.45, 7) is 4.05. The van der Waals surface area contributed by atoms with Gasteiger partial charge in [-0.05, 0) is 48.7 Å². The molecule has 2 aromatic carbocycles. The van der Waals surface area contributed by atoms with Gasteiger partial charge in [0.05, 0.1) is 13.2 Å². The molecule has 0 bridgehead atoms. The van der Waals surface area contributed by atoms with Gasteiger partial charge in [-0.25, -0.2) is 0 Å². The van der Waals surface area contributed by atoms with Crippen LogP contribution in [0.15, 0.2) is 40.9 Å². The summed E-state index contributed by atoms with van der Waals surface area (Å²) in [7, 11) is 1.66. The van der Waals surface area contributed by atoms with Gasteiger partial charge in [0.15, 0.2) is 0 Å². The molecule has 0 saturated carbocycles. The Labute approximate surface area is 128 Å². The Balaban J connectivity index is 2.27. The SMILES string of the molecule is COc1ccc(C)cc1CC(O)c1ccc(Br)cc1C. The Morgan fingerprint density at radius 2 is 1.90 bits per heavy atom. The number of rotatable bonds is 4. The van der Waals surface area contributed by atoms with Gasteiger partial charge in [-0.15, -0.1) is 0 Å². The maximum Gasteiger partial charge on any atom is 0.122 e. The highest BCUT2D eigenvalue weighted by Crippen LogP contribution is 2.28. The predicted molar refractivity (Wildman–Crippen MR) is 85.3 cm³/mol. The Hall–Kier alpha value is -1.32. The number of aliphatic hydroxyl groups is 1. The van der Waals surface area contributed by atoms with Crippen LogP contribution in [0.4, 0.5) is 0 Å². The van der Waals surface area contributed by atoms with Crippen molar-refractivity contribution in [3.8, 4) is 5.75 Å². The fraction of sp³-hybridized carbons (Fsp3) is 0.294. The van der Waals surface area contributed by atoms with E-state index in [1.807, 2.05) is 44.2 Å². The summed E-state index contributed by atoms with van der Waals surface area (Å²) in [6.07, 6.45) is 0.0200. The van der Waals surface area contributed by atoms with Crippen molar-refractivity contribution in [2.45, 2.75) is 26.4 Å². The summed E-state index contributed by atoms with van der Waals surface area (Å²) in [5.74, 6) is 0.824. The summed E-state index contributed by atoms with van der Waals surface area (Å²) in [5.41, 5.74) is 4.23. The van der Waals surface area contributed by atoms with Gasteiger partial charge in [0.25, 0.3) is 0 Å². The molecular formula is C17H19BrO2. The molecule has 0 fully saturated rings. The lowest BCUT2D eigenvalue weighted by Gasteiger charge is -2.16. The average Bonchev–Trinajstić information content (AvgIpc) is 2.38. The molecule has 2 nitrogen and oxygen atoms in total. The van der Waals surface area contributed by atoms with E-state index < -0.39 is 6.10 Å². The van der Waals surface area contributed by atoms with Crippen molar-refractivity contribution in [1.82, 2.24) is 0 Å². The molecule has 2 aromatic rings. The van der Waals surface area contributed by atoms with Gasteiger partial charge in [0.2, 0.25) is 0 Å². The molecule has 2 rings (SSSR count). The normalized spacial score (nSPS) is 12.2. The third-order valence-electron chi connectivity index (χ3n) is 3.44. The number of halogens is 1. The van der Waals surface area contributed by atoms with Crippen LogP contribution in [-0.2, 0) is 6.42 Å². The number of aliphatic hydroxyl groups excluding tert-OH is 1. The molecule has 0 saturated heterocycles. The molecule has 106 valence electrons. The molecule has 3 heteroatoms. The van der Waals surface area contributed by atoms with Crippen molar-refractivity contribution >= 4 is 15.9 Å². The lowest BCUT2D eigenvalue weighted by atomic mass is 9.96. The monoisotopic (exact) mass is 334 g/mol. The Morgan fingerprint density at radius 3 is 2.55 bits per heavy atom. The van der Waals surface area contributed by atoms with Crippen molar-refractivity contribution in [2.24, 2.45) is 0 Å². The summed E-state index contributed by atoms with van der Waals surface area (Å²) >= 11 is 3.44. The van der Waals surface area contributed by atoms with Crippen LogP contribution in [-0.4, -0.2) is 12.2 Å². The van der Waals surface area contributed by atoms with Crippen LogP contribution in [0.5, 0.6) is 5.75 Å². The van der Waals surface area contributed by atoms with Crippen molar-refractivity contribution < 1.29 is 9.84 Å². The molecule has 0 amide bonds. The molecule has 0 aliphatic heterocycles. The van der Waals surface area contributed by atoms with Crippen molar-refractivity contribution in [1.29, 1.82) is 0 Å². The standard InChI is InChI=1S/C17H19BrO2/c1-11-4-7-17(20-3)13(8-11)10-16(19)15-6-5-14(18)9-12(15)2/h4-9,16,19H,10H2,1-3H3. The number of aryl methyl sites for hydroxylation is 2. The lowest BCUT2D eigenvalue weighted by molar-refractivity contribution is 0.176. The molecule has 0 radical (unpaired) electrons. The van der Waals surface area contributed by atoms with Gasteiger partial charge in [-0.2, -0.15) is 0 Å². The summed E-state index contributed by atoms with van der Waals surface area (Å²) in [6, 6.07) is 12.0. The maximum atomic E-state index is 10.5. The zero-order valence-corrected chi connectivity index (χ0v) is 13.6. The first-order valence-corrected chi connectivity index (χ1v) is 7.38. The van der Waals surface area contributed by atoms with Gasteiger partial charge in [0.1, 0.15) is 5.75 Å². The zero-order chi connectivity index (χ0) is 14.7. The van der Waals surface area contributed by atoms with Crippen LogP contribution in [0.25, 0.3) is 0 Å². The van der Waals surface area contributed by atoms with Gasteiger partial charge < -0.3 is 9.84 Å². The Morgan fingerprint density at radius 1 is 1.15 bits per heavy atom. The molecule has 0 aliphatic carbocycles. The second kappa shape index (κ2) is 6.42. The van der Waals surface area contributed by atoms with E-state index in [0.29, 0.717) is 6.42 Å². The number of ether oxygens (including phenoxy) is 1. The van der Waals surface area contributed by atoms with Crippen molar-refractivity contribution in [2.75, 3.05) is 7.11 Å². The van der Waals surface area contributed by atoms with Crippen LogP contribution in [0, 0.1) is 13.8 Å². The van der Waals surface area contributed by atoms with Crippen LogP contribution in [0.3, 0.4) is 0 Å². The highest BCUT2D eigenvalue weighted by Gasteiger charge is 2.14. The zero-order valence-electron chi connectivity index (χ0n) is 12.0. The van der Waals surface area contributed by atoms with E-state index in [9.17, 15) is 5.11 Å². The van der Waals surface area contributed by atoms with E-state index in [4.69, 9.17) is 4.74 Å². The largest absolute Gasteiger partial charge is 0.496 e. The van der Waals surface area contributed by atoms with E-state index in [-0.39, 0.29) is 0 Å². The first-order chi connectivity index (χ1) is 9.51. The van der Waals surface area contributed by atoms with Crippen LogP contribution >= 0.6 is 15.9 Å². The Bertz CT molecular complexity index is 608. The van der Waals surface area contributed by atoms with Crippen LogP contribution < -0.4 is 4.74 Å². The maximum absolute atomic E-state index is 10.5. The summed E-state index contributed by atoms with van der Waals surface area (Å²) in [4.78, 5) is 0. The molecule has 0 aromatic heterocycles. The summed E-state index contributed by atoms with van der Waals surface area (Å²) < 4.78 is 6.39. The average molecular weight is 335 g/mol. The molecule has 20 heavy (non-hydrogen) atoms. The second-order valence-electron chi connectivity index (χ2n) is 5.04. The van der Waals surface area contributed by atoms with E-state index in [1.54, 1.807) is 7.11 Å². The molecule has 1 atom stereocenters. The summed E-state index contributed by atoms with van der Waals surface area (Å²) in [5, 5.41) is 10.5. The highest BCUT2D eigenvalue weighted by atomic mass is 79.9. The molecule has 1 unspecified atom stereocenters. The lowest BCUT2D eigenvalue weighted by Crippen LogP contribution is -2.05. The fourth-order valence-corrected chi connectivity index (χ4v) is 2.87. The molecular weight excluding hydrogens is 316 g/mol. The smallest absolute Gasteiger partial charge is 0.122 e. The third-order valence-corrected chi connectivity index (χ3v) is 3.93. The molecule has 0 aliphatic rings. The number of hydrogen-bond acceptors (Lipinski definition) is 2. The Kier molecular flexibility index (Phi) is 4.84. The molecule has 0 spiro atoms. The molecule has 0 heterocycles. The fourth-order valence-electron chi connectivity index (χ4n) is 2.40. The third kappa shape index (κ3) is 3.41. The quantitative estimate of drug-likeness (QED) is 0.900. The second-order valence-corrected chi connectivity index (χ2v) is 5.95. The van der Waals surface area contributed by atoms with Gasteiger partial charge in [-0.3, -0.25) is 0 Å². The van der Waals surface area contributed by atoms with Gasteiger partial charge in [0, 0.05) is 10.9 Å². The number of methoxy groups -OCH3 is 1. The number of benzene rings is 2. The minimum absolute atomic E-state index is 0.529. The van der Waals surface area contributed by atoms with Crippen LogP contribution in [0.2, 0.25) is 0 Å².